The van der Waals surface area contributed by atoms with Crippen LogP contribution in [0.3, 0.4) is 0 Å². The summed E-state index contributed by atoms with van der Waals surface area (Å²) in [6.07, 6.45) is 0. The van der Waals surface area contributed by atoms with Crippen molar-refractivity contribution in [2.24, 2.45) is 0 Å². The van der Waals surface area contributed by atoms with Gasteiger partial charge in [0, 0.05) is 0 Å². The van der Waals surface area contributed by atoms with Crippen molar-refractivity contribution in [2.45, 2.75) is 13.8 Å². The molecule has 17 heavy (non-hydrogen) atoms. The molecule has 2 aromatic rings. The van der Waals surface area contributed by atoms with Crippen molar-refractivity contribution in [1.82, 2.24) is 0 Å². The molecule has 2 aromatic carbocycles. The van der Waals surface area contributed by atoms with Crippen molar-refractivity contribution in [2.75, 3.05) is 0 Å². The summed E-state index contributed by atoms with van der Waals surface area (Å²) < 4.78 is 3.13. The normalized spacial score (nSPS) is 9.06. The first-order chi connectivity index (χ1) is 7.24. The Bertz CT molecular complexity index is 391. The maximum absolute atomic E-state index is 2.29. The predicted octanol–water partition coefficient (Wildman–Crippen LogP) is 2.27. The van der Waals surface area contributed by atoms with E-state index >= 15 is 0 Å². The smallest absolute Gasteiger partial charge is 0.147 e. The maximum atomic E-state index is 2.29. The summed E-state index contributed by atoms with van der Waals surface area (Å²) in [4.78, 5) is 0. The zero-order valence-corrected chi connectivity index (χ0v) is 14.7. The Hall–Kier alpha value is -0.437. The van der Waals surface area contributed by atoms with E-state index in [2.05, 4.69) is 62.4 Å². The fourth-order valence-electron chi connectivity index (χ4n) is 1.65. The van der Waals surface area contributed by atoms with Crippen molar-refractivity contribution < 1.29 is 0 Å². The molecule has 0 nitrogen and oxygen atoms in total. The molecule has 0 N–H and O–H groups in total. The zero-order valence-electron chi connectivity index (χ0n) is 10.1. The summed E-state index contributed by atoms with van der Waals surface area (Å²) in [6, 6.07) is 18.0. The van der Waals surface area contributed by atoms with Gasteiger partial charge in [0.05, 0.1) is 0 Å². The van der Waals surface area contributed by atoms with Gasteiger partial charge in [-0.1, -0.05) is 0 Å². The van der Waals surface area contributed by atoms with Gasteiger partial charge in [0.25, 0.3) is 0 Å². The monoisotopic (exact) mass is 330 g/mol. The summed E-state index contributed by atoms with van der Waals surface area (Å²) in [7, 11) is 0. The van der Waals surface area contributed by atoms with E-state index in [1.54, 1.807) is 8.79 Å². The summed E-state index contributed by atoms with van der Waals surface area (Å²) in [5.41, 5.74) is 2.70. The van der Waals surface area contributed by atoms with Gasteiger partial charge in [-0.25, -0.2) is 0 Å². The second-order valence-electron chi connectivity index (χ2n) is 4.15. The van der Waals surface area contributed by atoms with Crippen LogP contribution in [-0.2, 0) is 0 Å². The molecule has 0 aromatic heterocycles. The largest absolute Gasteiger partial charge is 0.147 e. The Kier molecular flexibility index (Phi) is 7.61. The molecule has 0 saturated heterocycles. The maximum Gasteiger partial charge on any atom is -0.147 e. The van der Waals surface area contributed by atoms with E-state index in [0.717, 1.165) is 0 Å². The second-order valence-corrected chi connectivity index (χ2v) is 8.32. The fourth-order valence-corrected chi connectivity index (χ4v) is 4.61. The SMILES string of the molecule is Cc1cc[c]([GeH2][c]2ccc(C)cc2)cc1.Cl.Cl. The standard InChI is InChI=1S/C14H16Ge.2ClH/c1-11-3-7-13(8-4-11)15-14-9-5-12(2)6-10-14;;/h3-10H,15H2,1-2H3;2*1H. The van der Waals surface area contributed by atoms with E-state index in [9.17, 15) is 0 Å². The van der Waals surface area contributed by atoms with Crippen molar-refractivity contribution in [1.29, 1.82) is 0 Å². The van der Waals surface area contributed by atoms with Crippen LogP contribution in [0.5, 0.6) is 0 Å². The summed E-state index contributed by atoms with van der Waals surface area (Å²) in [5, 5.41) is 0. The minimum Gasteiger partial charge on any atom is -0.147 e. The van der Waals surface area contributed by atoms with Crippen molar-refractivity contribution in [3.8, 4) is 0 Å². The van der Waals surface area contributed by atoms with Crippen LogP contribution in [0.4, 0.5) is 0 Å². The first kappa shape index (κ1) is 16.6. The zero-order chi connectivity index (χ0) is 10.7. The van der Waals surface area contributed by atoms with E-state index < -0.39 is 15.4 Å². The van der Waals surface area contributed by atoms with Crippen molar-refractivity contribution in [3.63, 3.8) is 0 Å². The average molecular weight is 330 g/mol. The molecule has 0 saturated carbocycles. The van der Waals surface area contributed by atoms with Gasteiger partial charge >= 0.3 is 97.7 Å². The van der Waals surface area contributed by atoms with Crippen LogP contribution in [-0.4, -0.2) is 15.4 Å². The number of benzene rings is 2. The minimum absolute atomic E-state index is 0. The predicted molar refractivity (Wildman–Crippen MR) is 84.7 cm³/mol. The topological polar surface area (TPSA) is 0 Å². The second kappa shape index (κ2) is 7.81. The Balaban J connectivity index is 0.00000128. The molecular formula is C14H18Cl2Ge. The van der Waals surface area contributed by atoms with Gasteiger partial charge in [0.1, 0.15) is 0 Å². The van der Waals surface area contributed by atoms with E-state index in [1.165, 1.54) is 11.1 Å². The third-order valence-corrected chi connectivity index (χ3v) is 6.34. The first-order valence-corrected chi connectivity index (χ1v) is 8.32. The molecule has 2 rings (SSSR count). The molecule has 0 amide bonds. The van der Waals surface area contributed by atoms with Crippen LogP contribution < -0.4 is 8.79 Å². The van der Waals surface area contributed by atoms with Crippen LogP contribution in [0.15, 0.2) is 48.5 Å². The van der Waals surface area contributed by atoms with Gasteiger partial charge in [0.2, 0.25) is 0 Å². The molecule has 0 atom stereocenters. The molecule has 0 bridgehead atoms. The fraction of sp³-hybridized carbons (Fsp3) is 0.143. The Labute approximate surface area is 122 Å². The Morgan fingerprint density at radius 2 is 0.882 bits per heavy atom. The van der Waals surface area contributed by atoms with E-state index in [0.29, 0.717) is 0 Å². The van der Waals surface area contributed by atoms with Crippen LogP contribution in [0, 0.1) is 13.8 Å². The third kappa shape index (κ3) is 5.16. The van der Waals surface area contributed by atoms with Gasteiger partial charge < -0.3 is 0 Å². The number of halogens is 2. The quantitative estimate of drug-likeness (QED) is 0.742. The Morgan fingerprint density at radius 1 is 0.588 bits per heavy atom. The average Bonchev–Trinajstić information content (AvgIpc) is 2.25. The van der Waals surface area contributed by atoms with Crippen LogP contribution in [0.1, 0.15) is 11.1 Å². The number of rotatable bonds is 2. The summed E-state index contributed by atoms with van der Waals surface area (Å²) in [6.45, 7) is 4.28. The third-order valence-electron chi connectivity index (χ3n) is 2.65. The van der Waals surface area contributed by atoms with E-state index in [-0.39, 0.29) is 24.8 Å². The molecular weight excluding hydrogens is 312 g/mol. The van der Waals surface area contributed by atoms with Crippen molar-refractivity contribution >= 4 is 49.0 Å². The summed E-state index contributed by atoms with van der Waals surface area (Å²) in [5.74, 6) is 0. The molecule has 0 unspecified atom stereocenters. The molecule has 0 radical (unpaired) electrons. The van der Waals surface area contributed by atoms with Gasteiger partial charge in [-0.05, 0) is 0 Å². The van der Waals surface area contributed by atoms with Gasteiger partial charge in [0.15, 0.2) is 0 Å². The van der Waals surface area contributed by atoms with E-state index in [4.69, 9.17) is 0 Å². The Morgan fingerprint density at radius 3 is 1.18 bits per heavy atom. The molecule has 0 aliphatic carbocycles. The van der Waals surface area contributed by atoms with E-state index in [1.807, 2.05) is 0 Å². The molecule has 0 spiro atoms. The number of aryl methyl sites for hydroxylation is 2. The first-order valence-electron chi connectivity index (χ1n) is 5.35. The van der Waals surface area contributed by atoms with Crippen molar-refractivity contribution in [3.05, 3.63) is 59.7 Å². The van der Waals surface area contributed by atoms with Crippen LogP contribution >= 0.6 is 24.8 Å². The molecule has 92 valence electrons. The number of hydrogen-bond donors (Lipinski definition) is 0. The molecule has 0 aliphatic heterocycles. The van der Waals surface area contributed by atoms with Crippen LogP contribution in [0.25, 0.3) is 0 Å². The molecule has 0 heterocycles. The minimum atomic E-state index is -0.719. The van der Waals surface area contributed by atoms with Gasteiger partial charge in [-0.3, -0.25) is 0 Å². The van der Waals surface area contributed by atoms with Gasteiger partial charge in [-0.15, -0.1) is 24.8 Å². The molecule has 0 fully saturated rings. The van der Waals surface area contributed by atoms with Crippen LogP contribution in [0.2, 0.25) is 0 Å². The summed E-state index contributed by atoms with van der Waals surface area (Å²) >= 11 is -0.719. The molecule has 0 aliphatic rings. The molecule has 3 heteroatoms. The van der Waals surface area contributed by atoms with Gasteiger partial charge in [-0.2, -0.15) is 0 Å². The number of hydrogen-bond acceptors (Lipinski definition) is 0.